The normalized spacial score (nSPS) is 19.7. The van der Waals surface area contributed by atoms with Crippen LogP contribution in [0.25, 0.3) is 5.57 Å². The van der Waals surface area contributed by atoms with Crippen LogP contribution in [0.15, 0.2) is 46.0 Å². The van der Waals surface area contributed by atoms with Crippen molar-refractivity contribution in [2.45, 2.75) is 60.4 Å². The van der Waals surface area contributed by atoms with E-state index in [2.05, 4.69) is 83.9 Å². The summed E-state index contributed by atoms with van der Waals surface area (Å²) in [5, 5.41) is 0. The van der Waals surface area contributed by atoms with E-state index in [4.69, 9.17) is 0 Å². The van der Waals surface area contributed by atoms with Gasteiger partial charge < -0.3 is 0 Å². The first-order valence-electron chi connectivity index (χ1n) is 8.23. The molecule has 0 N–H and O–H groups in total. The molecule has 1 nitrogen and oxygen atoms in total. The summed E-state index contributed by atoms with van der Waals surface area (Å²) in [5.41, 5.74) is 8.68. The van der Waals surface area contributed by atoms with E-state index in [1.807, 2.05) is 0 Å². The van der Waals surface area contributed by atoms with E-state index in [9.17, 15) is 0 Å². The van der Waals surface area contributed by atoms with Crippen LogP contribution >= 0.6 is 0 Å². The Labute approximate surface area is 135 Å². The van der Waals surface area contributed by atoms with Crippen molar-refractivity contribution < 1.29 is 0 Å². The van der Waals surface area contributed by atoms with E-state index in [0.717, 1.165) is 6.42 Å². The highest BCUT2D eigenvalue weighted by molar-refractivity contribution is 5.82. The van der Waals surface area contributed by atoms with Crippen molar-refractivity contribution in [1.29, 1.82) is 0 Å². The summed E-state index contributed by atoms with van der Waals surface area (Å²) < 4.78 is 0. The van der Waals surface area contributed by atoms with Crippen molar-refractivity contribution in [2.24, 2.45) is 10.9 Å². The molecule has 0 fully saturated rings. The van der Waals surface area contributed by atoms with Crippen LogP contribution in [-0.2, 0) is 6.42 Å². The van der Waals surface area contributed by atoms with Gasteiger partial charge in [-0.3, -0.25) is 4.99 Å². The maximum atomic E-state index is 4.64. The number of rotatable bonds is 3. The predicted molar refractivity (Wildman–Crippen MR) is 98.5 cm³/mol. The Hall–Kier alpha value is -1.63. The molecule has 0 aromatic heterocycles. The molecule has 1 aromatic carbocycles. The summed E-state index contributed by atoms with van der Waals surface area (Å²) in [6, 6.07) is 8.78. The first kappa shape index (κ1) is 16.7. The Balaban J connectivity index is 2.37. The molecule has 1 unspecified atom stereocenters. The van der Waals surface area contributed by atoms with Gasteiger partial charge in [-0.1, -0.05) is 36.8 Å². The lowest BCUT2D eigenvalue weighted by Crippen LogP contribution is -2.10. The van der Waals surface area contributed by atoms with Gasteiger partial charge in [0.15, 0.2) is 0 Å². The predicted octanol–water partition coefficient (Wildman–Crippen LogP) is 5.86. The topological polar surface area (TPSA) is 12.4 Å². The summed E-state index contributed by atoms with van der Waals surface area (Å²) in [7, 11) is 0. The molecule has 0 spiro atoms. The first-order chi connectivity index (χ1) is 10.2. The van der Waals surface area contributed by atoms with Crippen molar-refractivity contribution in [3.8, 4) is 0 Å². The molecular formula is C21H29N. The molecule has 118 valence electrons. The standard InChI is InChI=1S/C21H29N/c1-14-15(2)17(4)20(16(14)3)19-11-9-8-10-18(19)12-13-22-21(5,6)7/h8-11,13,16H,12H2,1-7H3. The number of hydrogen-bond donors (Lipinski definition) is 0. The van der Waals surface area contributed by atoms with Gasteiger partial charge >= 0.3 is 0 Å². The second-order valence-corrected chi connectivity index (χ2v) is 7.41. The molecule has 0 aliphatic heterocycles. The molecule has 1 atom stereocenters. The quantitative estimate of drug-likeness (QED) is 0.619. The van der Waals surface area contributed by atoms with Gasteiger partial charge in [-0.05, 0) is 69.4 Å². The number of hydrogen-bond acceptors (Lipinski definition) is 1. The molecular weight excluding hydrogens is 266 g/mol. The Morgan fingerprint density at radius 3 is 2.23 bits per heavy atom. The SMILES string of the molecule is CC1=C(C)C(C)C(c2ccccc2CC=NC(C)(C)C)=C1C. The second-order valence-electron chi connectivity index (χ2n) is 7.41. The van der Waals surface area contributed by atoms with Crippen LogP contribution in [0, 0.1) is 5.92 Å². The summed E-state index contributed by atoms with van der Waals surface area (Å²) in [5.74, 6) is 0.515. The minimum atomic E-state index is -0.000486. The number of allylic oxidation sites excluding steroid dienone is 4. The minimum Gasteiger partial charge on any atom is -0.291 e. The van der Waals surface area contributed by atoms with Gasteiger partial charge in [-0.25, -0.2) is 0 Å². The van der Waals surface area contributed by atoms with E-state index in [1.54, 1.807) is 0 Å². The number of aliphatic imine (C=N–C) groups is 1. The minimum absolute atomic E-state index is 0.000486. The number of nitrogens with zero attached hydrogens (tertiary/aromatic N) is 1. The molecule has 0 saturated heterocycles. The highest BCUT2D eigenvalue weighted by atomic mass is 14.8. The molecule has 0 radical (unpaired) electrons. The highest BCUT2D eigenvalue weighted by Gasteiger charge is 2.25. The zero-order valence-electron chi connectivity index (χ0n) is 15.1. The van der Waals surface area contributed by atoms with Crippen LogP contribution in [0.2, 0.25) is 0 Å². The molecule has 0 amide bonds. The van der Waals surface area contributed by atoms with Crippen LogP contribution in [0.1, 0.15) is 59.6 Å². The molecule has 22 heavy (non-hydrogen) atoms. The van der Waals surface area contributed by atoms with E-state index < -0.39 is 0 Å². The van der Waals surface area contributed by atoms with Crippen molar-refractivity contribution in [3.05, 3.63) is 52.1 Å². The Morgan fingerprint density at radius 1 is 1.05 bits per heavy atom. The highest BCUT2D eigenvalue weighted by Crippen LogP contribution is 2.43. The summed E-state index contributed by atoms with van der Waals surface area (Å²) in [4.78, 5) is 4.64. The zero-order chi connectivity index (χ0) is 16.5. The monoisotopic (exact) mass is 295 g/mol. The van der Waals surface area contributed by atoms with Crippen molar-refractivity contribution >= 4 is 11.8 Å². The molecule has 1 aliphatic carbocycles. The largest absolute Gasteiger partial charge is 0.291 e. The Morgan fingerprint density at radius 2 is 1.68 bits per heavy atom. The third kappa shape index (κ3) is 3.40. The van der Waals surface area contributed by atoms with Gasteiger partial charge in [-0.2, -0.15) is 0 Å². The fraction of sp³-hybridized carbons (Fsp3) is 0.476. The van der Waals surface area contributed by atoms with Gasteiger partial charge in [-0.15, -0.1) is 0 Å². The maximum Gasteiger partial charge on any atom is 0.0520 e. The molecule has 0 saturated carbocycles. The van der Waals surface area contributed by atoms with Crippen molar-refractivity contribution in [1.82, 2.24) is 0 Å². The maximum absolute atomic E-state index is 4.64. The fourth-order valence-corrected chi connectivity index (χ4v) is 3.18. The van der Waals surface area contributed by atoms with E-state index in [-0.39, 0.29) is 5.54 Å². The van der Waals surface area contributed by atoms with Crippen molar-refractivity contribution in [3.63, 3.8) is 0 Å². The van der Waals surface area contributed by atoms with Crippen LogP contribution in [0.4, 0.5) is 0 Å². The lowest BCUT2D eigenvalue weighted by atomic mass is 9.88. The lowest BCUT2D eigenvalue weighted by molar-refractivity contribution is 0.585. The summed E-state index contributed by atoms with van der Waals surface area (Å²) in [6.45, 7) is 15.5. The average Bonchev–Trinajstić information content (AvgIpc) is 2.63. The first-order valence-corrected chi connectivity index (χ1v) is 8.23. The van der Waals surface area contributed by atoms with E-state index >= 15 is 0 Å². The second kappa shape index (κ2) is 6.24. The fourth-order valence-electron chi connectivity index (χ4n) is 3.18. The van der Waals surface area contributed by atoms with Gasteiger partial charge in [0.1, 0.15) is 0 Å². The van der Waals surface area contributed by atoms with Crippen LogP contribution in [0.5, 0.6) is 0 Å². The van der Waals surface area contributed by atoms with Crippen molar-refractivity contribution in [2.75, 3.05) is 0 Å². The lowest BCUT2D eigenvalue weighted by Gasteiger charge is -2.17. The third-order valence-electron chi connectivity index (χ3n) is 4.74. The van der Waals surface area contributed by atoms with Gasteiger partial charge in [0, 0.05) is 18.6 Å². The van der Waals surface area contributed by atoms with Gasteiger partial charge in [0.25, 0.3) is 0 Å². The third-order valence-corrected chi connectivity index (χ3v) is 4.74. The van der Waals surface area contributed by atoms with Crippen LogP contribution < -0.4 is 0 Å². The Bertz CT molecular complexity index is 651. The zero-order valence-corrected chi connectivity index (χ0v) is 15.1. The smallest absolute Gasteiger partial charge is 0.0520 e. The molecule has 0 bridgehead atoms. The van der Waals surface area contributed by atoms with Gasteiger partial charge in [0.05, 0.1) is 5.54 Å². The van der Waals surface area contributed by atoms with Gasteiger partial charge in [0.2, 0.25) is 0 Å². The summed E-state index contributed by atoms with van der Waals surface area (Å²) in [6.07, 6.45) is 2.97. The Kier molecular flexibility index (Phi) is 4.75. The molecule has 1 aromatic rings. The van der Waals surface area contributed by atoms with Crippen LogP contribution in [-0.4, -0.2) is 11.8 Å². The van der Waals surface area contributed by atoms with Crippen LogP contribution in [0.3, 0.4) is 0 Å². The number of benzene rings is 1. The van der Waals surface area contributed by atoms with E-state index in [1.165, 1.54) is 33.4 Å². The molecule has 1 heteroatoms. The molecule has 0 heterocycles. The molecule has 1 aliphatic rings. The van der Waals surface area contributed by atoms with E-state index in [0.29, 0.717) is 5.92 Å². The summed E-state index contributed by atoms with van der Waals surface area (Å²) >= 11 is 0. The molecule has 2 rings (SSSR count). The average molecular weight is 295 g/mol.